The molecule has 1 saturated heterocycles. The first-order valence-corrected chi connectivity index (χ1v) is 10.1. The van der Waals surface area contributed by atoms with Gasteiger partial charge < -0.3 is 14.4 Å². The molecular formula is C22H31N3O2. The summed E-state index contributed by atoms with van der Waals surface area (Å²) in [5.41, 5.74) is 0.476. The van der Waals surface area contributed by atoms with Gasteiger partial charge in [0.15, 0.2) is 0 Å². The van der Waals surface area contributed by atoms with E-state index in [1.54, 1.807) is 6.20 Å². The summed E-state index contributed by atoms with van der Waals surface area (Å²) in [6, 6.07) is 8.41. The molecule has 1 aromatic heterocycles. The van der Waals surface area contributed by atoms with Crippen molar-refractivity contribution >= 4 is 0 Å². The fourth-order valence-corrected chi connectivity index (χ4v) is 5.04. The van der Waals surface area contributed by atoms with E-state index in [0.717, 1.165) is 44.0 Å². The van der Waals surface area contributed by atoms with Crippen molar-refractivity contribution in [2.24, 2.45) is 18.9 Å². The summed E-state index contributed by atoms with van der Waals surface area (Å²) in [5.74, 6) is 2.25. The zero-order chi connectivity index (χ0) is 19.0. The van der Waals surface area contributed by atoms with Crippen molar-refractivity contribution in [2.45, 2.75) is 51.4 Å². The largest absolute Gasteiger partial charge is 0.491 e. The number of hydrogen-bond acceptors (Lipinski definition) is 4. The van der Waals surface area contributed by atoms with Crippen molar-refractivity contribution in [3.63, 3.8) is 0 Å². The van der Waals surface area contributed by atoms with Crippen molar-refractivity contribution in [3.8, 4) is 5.75 Å². The monoisotopic (exact) mass is 369 g/mol. The minimum absolute atomic E-state index is 0.183. The molecular weight excluding hydrogens is 338 g/mol. The number of aliphatic hydroxyl groups is 1. The topological polar surface area (TPSA) is 50.5 Å². The number of imidazole rings is 1. The average molecular weight is 370 g/mol. The van der Waals surface area contributed by atoms with Gasteiger partial charge in [0.1, 0.15) is 17.2 Å². The first kappa shape index (κ1) is 18.5. The van der Waals surface area contributed by atoms with Crippen LogP contribution in [0.2, 0.25) is 0 Å². The van der Waals surface area contributed by atoms with Crippen molar-refractivity contribution in [1.82, 2.24) is 14.5 Å². The molecule has 0 radical (unpaired) electrons. The average Bonchev–Trinajstić information content (AvgIpc) is 3.02. The van der Waals surface area contributed by atoms with Gasteiger partial charge in [-0.05, 0) is 44.4 Å². The summed E-state index contributed by atoms with van der Waals surface area (Å²) in [7, 11) is 1.99. The molecule has 1 aliphatic carbocycles. The molecule has 146 valence electrons. The third kappa shape index (κ3) is 3.50. The molecule has 2 bridgehead atoms. The number of aryl methyl sites for hydroxylation is 1. The third-order valence-electron chi connectivity index (χ3n) is 6.16. The fraction of sp³-hybridized carbons (Fsp3) is 0.591. The number of hydrogen-bond donors (Lipinski definition) is 1. The van der Waals surface area contributed by atoms with Crippen LogP contribution < -0.4 is 4.74 Å². The Morgan fingerprint density at radius 1 is 1.26 bits per heavy atom. The Bertz CT molecular complexity index is 771. The Labute approximate surface area is 162 Å². The molecule has 0 amide bonds. The summed E-state index contributed by atoms with van der Waals surface area (Å²) in [5, 5.41) is 11.7. The lowest BCUT2D eigenvalue weighted by Gasteiger charge is -2.52. The van der Waals surface area contributed by atoms with Gasteiger partial charge in [0.2, 0.25) is 0 Å². The van der Waals surface area contributed by atoms with E-state index in [9.17, 15) is 5.11 Å². The van der Waals surface area contributed by atoms with Gasteiger partial charge in [0, 0.05) is 50.9 Å². The normalized spacial score (nSPS) is 28.5. The first-order chi connectivity index (χ1) is 13.0. The van der Waals surface area contributed by atoms with Crippen LogP contribution in [-0.4, -0.2) is 38.8 Å². The maximum Gasteiger partial charge on any atom is 0.141 e. The summed E-state index contributed by atoms with van der Waals surface area (Å²) < 4.78 is 7.84. The van der Waals surface area contributed by atoms with Gasteiger partial charge in [0.25, 0.3) is 0 Å². The molecule has 2 aliphatic rings. The highest BCUT2D eigenvalue weighted by Crippen LogP contribution is 2.48. The fourth-order valence-electron chi connectivity index (χ4n) is 5.04. The molecule has 4 rings (SSSR count). The minimum Gasteiger partial charge on any atom is -0.491 e. The number of nitrogens with zero attached hydrogens (tertiary/aromatic N) is 3. The van der Waals surface area contributed by atoms with Crippen molar-refractivity contribution in [3.05, 3.63) is 48.0 Å². The summed E-state index contributed by atoms with van der Waals surface area (Å²) >= 11 is 0. The Balaban J connectivity index is 1.52. The maximum atomic E-state index is 11.7. The molecule has 2 heterocycles. The lowest BCUT2D eigenvalue weighted by atomic mass is 9.65. The number of aromatic nitrogens is 2. The second-order valence-corrected chi connectivity index (χ2v) is 8.52. The SMILES string of the molecule is CC(C)Oc1cccc(CN2C[C@H]3CCC[C@@H](C2)C3(O)c2nccn2C)c1. The van der Waals surface area contributed by atoms with Gasteiger partial charge in [-0.2, -0.15) is 0 Å². The Hall–Kier alpha value is -1.85. The highest BCUT2D eigenvalue weighted by atomic mass is 16.5. The van der Waals surface area contributed by atoms with Crippen molar-refractivity contribution < 1.29 is 9.84 Å². The highest BCUT2D eigenvalue weighted by molar-refractivity contribution is 5.29. The molecule has 5 nitrogen and oxygen atoms in total. The first-order valence-electron chi connectivity index (χ1n) is 10.1. The standard InChI is InChI=1S/C22H31N3O2/c1-16(2)27-20-9-4-6-17(12-20)13-25-14-18-7-5-8-19(15-25)22(18,26)21-23-10-11-24(21)3/h4,6,9-12,16,18-19,26H,5,7-8,13-15H2,1-3H3/t18-,19+,22?. The molecule has 1 N–H and O–H groups in total. The maximum absolute atomic E-state index is 11.7. The van der Waals surface area contributed by atoms with Gasteiger partial charge in [-0.15, -0.1) is 0 Å². The lowest BCUT2D eigenvalue weighted by Crippen LogP contribution is -2.58. The van der Waals surface area contributed by atoms with Gasteiger partial charge in [-0.1, -0.05) is 18.6 Å². The molecule has 2 fully saturated rings. The van der Waals surface area contributed by atoms with E-state index in [0.29, 0.717) is 0 Å². The van der Waals surface area contributed by atoms with Crippen LogP contribution in [-0.2, 0) is 19.2 Å². The molecule has 0 spiro atoms. The van der Waals surface area contributed by atoms with E-state index in [4.69, 9.17) is 4.74 Å². The smallest absolute Gasteiger partial charge is 0.141 e. The van der Waals surface area contributed by atoms with Crippen LogP contribution in [0.4, 0.5) is 0 Å². The van der Waals surface area contributed by atoms with E-state index in [1.807, 2.05) is 23.9 Å². The molecule has 1 unspecified atom stereocenters. The summed E-state index contributed by atoms with van der Waals surface area (Å²) in [6.07, 6.45) is 7.25. The van der Waals surface area contributed by atoms with Gasteiger partial charge >= 0.3 is 0 Å². The predicted molar refractivity (Wildman–Crippen MR) is 105 cm³/mol. The van der Waals surface area contributed by atoms with Crippen LogP contribution in [0.3, 0.4) is 0 Å². The number of likely N-dealkylation sites (tertiary alicyclic amines) is 1. The quantitative estimate of drug-likeness (QED) is 0.878. The Morgan fingerprint density at radius 2 is 2.00 bits per heavy atom. The predicted octanol–water partition coefficient (Wildman–Crippen LogP) is 3.33. The zero-order valence-electron chi connectivity index (χ0n) is 16.6. The minimum atomic E-state index is -0.796. The van der Waals surface area contributed by atoms with E-state index in [-0.39, 0.29) is 17.9 Å². The second kappa shape index (κ2) is 7.28. The number of benzene rings is 1. The van der Waals surface area contributed by atoms with E-state index < -0.39 is 5.60 Å². The van der Waals surface area contributed by atoms with Crippen LogP contribution in [0.5, 0.6) is 5.75 Å². The molecule has 1 aromatic carbocycles. The Kier molecular flexibility index (Phi) is 4.99. The number of fused-ring (bicyclic) bond motifs is 2. The number of piperidine rings is 1. The number of rotatable bonds is 5. The summed E-state index contributed by atoms with van der Waals surface area (Å²) in [4.78, 5) is 7.02. The van der Waals surface area contributed by atoms with Gasteiger partial charge in [0.05, 0.1) is 6.10 Å². The number of ether oxygens (including phenoxy) is 1. The van der Waals surface area contributed by atoms with Crippen LogP contribution >= 0.6 is 0 Å². The zero-order valence-corrected chi connectivity index (χ0v) is 16.6. The van der Waals surface area contributed by atoms with Crippen LogP contribution in [0.1, 0.15) is 44.5 Å². The molecule has 5 heteroatoms. The third-order valence-corrected chi connectivity index (χ3v) is 6.16. The van der Waals surface area contributed by atoms with Crippen LogP contribution in [0.25, 0.3) is 0 Å². The van der Waals surface area contributed by atoms with Crippen LogP contribution in [0, 0.1) is 11.8 Å². The lowest BCUT2D eigenvalue weighted by molar-refractivity contribution is -0.155. The molecule has 1 saturated carbocycles. The van der Waals surface area contributed by atoms with Gasteiger partial charge in [-0.3, -0.25) is 4.90 Å². The van der Waals surface area contributed by atoms with Gasteiger partial charge in [-0.25, -0.2) is 4.98 Å². The van der Waals surface area contributed by atoms with Crippen molar-refractivity contribution in [2.75, 3.05) is 13.1 Å². The van der Waals surface area contributed by atoms with Crippen molar-refractivity contribution in [1.29, 1.82) is 0 Å². The Morgan fingerprint density at radius 3 is 2.63 bits per heavy atom. The van der Waals surface area contributed by atoms with E-state index in [2.05, 4.69) is 41.9 Å². The molecule has 3 atom stereocenters. The van der Waals surface area contributed by atoms with Crippen LogP contribution in [0.15, 0.2) is 36.7 Å². The second-order valence-electron chi connectivity index (χ2n) is 8.52. The molecule has 27 heavy (non-hydrogen) atoms. The van der Waals surface area contributed by atoms with E-state index in [1.165, 1.54) is 12.0 Å². The van der Waals surface area contributed by atoms with E-state index >= 15 is 0 Å². The highest BCUT2D eigenvalue weighted by Gasteiger charge is 2.53. The molecule has 2 aromatic rings. The molecule has 1 aliphatic heterocycles. The summed E-state index contributed by atoms with van der Waals surface area (Å²) in [6.45, 7) is 6.83.